The van der Waals surface area contributed by atoms with E-state index in [4.69, 9.17) is 0 Å². The van der Waals surface area contributed by atoms with Gasteiger partial charge >= 0.3 is 0 Å². The van der Waals surface area contributed by atoms with Crippen molar-refractivity contribution in [3.05, 3.63) is 34.3 Å². The Morgan fingerprint density at radius 1 is 1.05 bits per heavy atom. The lowest BCUT2D eigenvalue weighted by molar-refractivity contribution is 0.0529. The Hall–Kier alpha value is -0.380. The first-order valence-electron chi connectivity index (χ1n) is 8.81. The topological polar surface area (TPSA) is 6.48 Å². The lowest BCUT2D eigenvalue weighted by atomic mass is 9.89. The predicted molar refractivity (Wildman–Crippen MR) is 97.0 cm³/mol. The fourth-order valence-corrected chi connectivity index (χ4v) is 4.73. The summed E-state index contributed by atoms with van der Waals surface area (Å²) in [6.07, 6.45) is 4.09. The zero-order chi connectivity index (χ0) is 15.5. The van der Waals surface area contributed by atoms with Gasteiger partial charge in [-0.25, -0.2) is 0 Å². The van der Waals surface area contributed by atoms with Gasteiger partial charge in [0.1, 0.15) is 0 Å². The number of benzene rings is 1. The normalized spacial score (nSPS) is 28.9. The first-order chi connectivity index (χ1) is 10.6. The van der Waals surface area contributed by atoms with Crippen LogP contribution in [0.3, 0.4) is 0 Å². The van der Waals surface area contributed by atoms with Crippen molar-refractivity contribution in [1.82, 2.24) is 9.80 Å². The molecule has 0 saturated carbocycles. The molecule has 2 heterocycles. The van der Waals surface area contributed by atoms with Crippen molar-refractivity contribution >= 4 is 15.9 Å². The summed E-state index contributed by atoms with van der Waals surface area (Å²) in [7, 11) is 0. The highest BCUT2D eigenvalue weighted by molar-refractivity contribution is 9.10. The Balaban J connectivity index is 1.51. The monoisotopic (exact) mass is 364 g/mol. The quantitative estimate of drug-likeness (QED) is 0.784. The van der Waals surface area contributed by atoms with E-state index in [0.717, 1.165) is 24.4 Å². The average Bonchev–Trinajstić information content (AvgIpc) is 2.49. The van der Waals surface area contributed by atoms with Crippen LogP contribution in [-0.4, -0.2) is 42.0 Å². The number of likely N-dealkylation sites (tertiary alicyclic amines) is 2. The van der Waals surface area contributed by atoms with Gasteiger partial charge in [-0.05, 0) is 55.8 Å². The maximum atomic E-state index is 3.68. The maximum Gasteiger partial charge on any atom is 0.0244 e. The molecule has 2 atom stereocenters. The molecule has 1 aromatic carbocycles. The zero-order valence-corrected chi connectivity index (χ0v) is 15.6. The summed E-state index contributed by atoms with van der Waals surface area (Å²) >= 11 is 3.68. The van der Waals surface area contributed by atoms with E-state index in [1.807, 2.05) is 0 Å². The van der Waals surface area contributed by atoms with Gasteiger partial charge in [-0.15, -0.1) is 0 Å². The van der Waals surface area contributed by atoms with Gasteiger partial charge < -0.3 is 0 Å². The van der Waals surface area contributed by atoms with Crippen molar-refractivity contribution in [3.63, 3.8) is 0 Å². The number of nitrogens with zero attached hydrogens (tertiary/aromatic N) is 2. The first-order valence-corrected chi connectivity index (χ1v) is 9.61. The van der Waals surface area contributed by atoms with Crippen LogP contribution in [0.1, 0.15) is 38.7 Å². The molecule has 3 rings (SSSR count). The summed E-state index contributed by atoms with van der Waals surface area (Å²) in [5, 5.41) is 0. The molecule has 0 unspecified atom stereocenters. The van der Waals surface area contributed by atoms with Crippen LogP contribution >= 0.6 is 15.9 Å². The number of piperidine rings is 2. The molecule has 3 heteroatoms. The fourth-order valence-electron chi connectivity index (χ4n) is 4.32. The molecule has 2 aliphatic rings. The van der Waals surface area contributed by atoms with Gasteiger partial charge in [-0.2, -0.15) is 0 Å². The highest BCUT2D eigenvalue weighted by Gasteiger charge is 2.29. The van der Waals surface area contributed by atoms with E-state index in [1.54, 1.807) is 0 Å². The summed E-state index contributed by atoms with van der Waals surface area (Å²) in [4.78, 5) is 5.40. The van der Waals surface area contributed by atoms with E-state index in [0.29, 0.717) is 0 Å². The molecular formula is C19H29BrN2. The van der Waals surface area contributed by atoms with E-state index in [9.17, 15) is 0 Å². The summed E-state index contributed by atoms with van der Waals surface area (Å²) in [5.41, 5.74) is 1.42. The minimum absolute atomic E-state index is 0.820. The molecule has 0 spiro atoms. The molecule has 0 amide bonds. The van der Waals surface area contributed by atoms with Crippen molar-refractivity contribution in [3.8, 4) is 0 Å². The van der Waals surface area contributed by atoms with Crippen LogP contribution in [0.15, 0.2) is 28.7 Å². The second kappa shape index (κ2) is 7.46. The lowest BCUT2D eigenvalue weighted by Crippen LogP contribution is -2.49. The fraction of sp³-hybridized carbons (Fsp3) is 0.684. The molecule has 0 N–H and O–H groups in total. The van der Waals surface area contributed by atoms with Crippen molar-refractivity contribution in [2.75, 3.05) is 26.2 Å². The van der Waals surface area contributed by atoms with Crippen LogP contribution in [0, 0.1) is 11.8 Å². The molecule has 0 aliphatic carbocycles. The van der Waals surface area contributed by atoms with E-state index in [1.165, 1.54) is 55.5 Å². The lowest BCUT2D eigenvalue weighted by Gasteiger charge is -2.43. The van der Waals surface area contributed by atoms with E-state index in [-0.39, 0.29) is 0 Å². The third kappa shape index (κ3) is 4.12. The molecule has 2 aliphatic heterocycles. The van der Waals surface area contributed by atoms with Gasteiger partial charge in [0.15, 0.2) is 0 Å². The Bertz CT molecular complexity index is 472. The van der Waals surface area contributed by atoms with Crippen LogP contribution in [0.2, 0.25) is 0 Å². The first kappa shape index (κ1) is 16.5. The predicted octanol–water partition coefficient (Wildman–Crippen LogP) is 4.39. The van der Waals surface area contributed by atoms with Crippen LogP contribution in [0.5, 0.6) is 0 Å². The molecule has 2 fully saturated rings. The molecule has 0 bridgehead atoms. The number of rotatable bonds is 3. The minimum atomic E-state index is 0.820. The van der Waals surface area contributed by atoms with Gasteiger partial charge in [0, 0.05) is 30.1 Å². The van der Waals surface area contributed by atoms with Crippen molar-refractivity contribution in [1.29, 1.82) is 0 Å². The van der Waals surface area contributed by atoms with E-state index >= 15 is 0 Å². The number of halogens is 1. The van der Waals surface area contributed by atoms with Crippen LogP contribution in [0.25, 0.3) is 0 Å². The van der Waals surface area contributed by atoms with E-state index in [2.05, 4.69) is 63.8 Å². The van der Waals surface area contributed by atoms with Gasteiger partial charge in [0.2, 0.25) is 0 Å². The maximum absolute atomic E-state index is 3.68. The molecule has 0 aromatic heterocycles. The standard InChI is InChI=1S/C19H29BrN2/c1-15-11-16(2)13-22(12-15)18-7-9-21(10-8-18)14-17-5-3-4-6-19(17)20/h3-6,15-16,18H,7-14H2,1-2H3/t15-,16+. The second-order valence-electron chi connectivity index (χ2n) is 7.50. The summed E-state index contributed by atoms with van der Waals surface area (Å²) < 4.78 is 1.25. The van der Waals surface area contributed by atoms with Crippen molar-refractivity contribution < 1.29 is 0 Å². The third-order valence-electron chi connectivity index (χ3n) is 5.32. The average molecular weight is 365 g/mol. The summed E-state index contributed by atoms with van der Waals surface area (Å²) in [5.74, 6) is 1.75. The molecule has 2 nitrogen and oxygen atoms in total. The van der Waals surface area contributed by atoms with Crippen LogP contribution in [0.4, 0.5) is 0 Å². The van der Waals surface area contributed by atoms with Gasteiger partial charge in [-0.3, -0.25) is 9.80 Å². The highest BCUT2D eigenvalue weighted by Crippen LogP contribution is 2.27. The van der Waals surface area contributed by atoms with Crippen molar-refractivity contribution in [2.24, 2.45) is 11.8 Å². The molecule has 2 saturated heterocycles. The number of hydrogen-bond donors (Lipinski definition) is 0. The zero-order valence-electron chi connectivity index (χ0n) is 14.0. The SMILES string of the molecule is C[C@@H]1C[C@H](C)CN(C2CCN(Cc3ccccc3Br)CC2)C1. The second-order valence-corrected chi connectivity index (χ2v) is 8.35. The molecule has 1 aromatic rings. The largest absolute Gasteiger partial charge is 0.300 e. The van der Waals surface area contributed by atoms with Crippen LogP contribution in [-0.2, 0) is 6.54 Å². The minimum Gasteiger partial charge on any atom is -0.300 e. The van der Waals surface area contributed by atoms with Gasteiger partial charge in [0.25, 0.3) is 0 Å². The van der Waals surface area contributed by atoms with Gasteiger partial charge in [0.05, 0.1) is 0 Å². The summed E-state index contributed by atoms with van der Waals surface area (Å²) in [6, 6.07) is 9.45. The Labute approximate surface area is 144 Å². The molecule has 122 valence electrons. The summed E-state index contributed by atoms with van der Waals surface area (Å²) in [6.45, 7) is 11.0. The van der Waals surface area contributed by atoms with E-state index < -0.39 is 0 Å². The Kier molecular flexibility index (Phi) is 5.59. The Morgan fingerprint density at radius 3 is 2.32 bits per heavy atom. The Morgan fingerprint density at radius 2 is 1.68 bits per heavy atom. The third-order valence-corrected chi connectivity index (χ3v) is 6.10. The molecular weight excluding hydrogens is 336 g/mol. The van der Waals surface area contributed by atoms with Gasteiger partial charge in [-0.1, -0.05) is 48.0 Å². The molecule has 22 heavy (non-hydrogen) atoms. The van der Waals surface area contributed by atoms with Crippen LogP contribution < -0.4 is 0 Å². The number of hydrogen-bond acceptors (Lipinski definition) is 2. The smallest absolute Gasteiger partial charge is 0.0244 e. The molecule has 0 radical (unpaired) electrons. The highest BCUT2D eigenvalue weighted by atomic mass is 79.9. The van der Waals surface area contributed by atoms with Crippen molar-refractivity contribution in [2.45, 2.75) is 45.7 Å².